The van der Waals surface area contributed by atoms with Crippen LogP contribution in [0.4, 0.5) is 4.39 Å². The van der Waals surface area contributed by atoms with Crippen LogP contribution in [0.2, 0.25) is 5.02 Å². The van der Waals surface area contributed by atoms with E-state index in [0.29, 0.717) is 19.5 Å². The molecular weight excluding hydrogens is 338 g/mol. The van der Waals surface area contributed by atoms with E-state index in [9.17, 15) is 12.8 Å². The highest BCUT2D eigenvalue weighted by Crippen LogP contribution is 2.33. The second-order valence-electron chi connectivity index (χ2n) is 5.80. The van der Waals surface area contributed by atoms with Crippen LogP contribution in [0.3, 0.4) is 0 Å². The summed E-state index contributed by atoms with van der Waals surface area (Å²) < 4.78 is 39.6. The molecule has 4 nitrogen and oxygen atoms in total. The largest absolute Gasteiger partial charge is 0.327 e. The van der Waals surface area contributed by atoms with Gasteiger partial charge in [0.1, 0.15) is 10.7 Å². The summed E-state index contributed by atoms with van der Waals surface area (Å²) in [5.41, 5.74) is 5.70. The number of rotatable bonds is 2. The Labute approximate surface area is 135 Å². The van der Waals surface area contributed by atoms with Crippen molar-refractivity contribution in [1.82, 2.24) is 4.31 Å². The van der Waals surface area contributed by atoms with E-state index in [2.05, 4.69) is 0 Å². The predicted octanol–water partition coefficient (Wildman–Crippen LogP) is 2.65. The molecule has 0 aromatic heterocycles. The molecule has 8 heteroatoms. The average molecular weight is 357 g/mol. The lowest BCUT2D eigenvalue weighted by molar-refractivity contribution is 0.155. The van der Waals surface area contributed by atoms with Gasteiger partial charge in [-0.15, -0.1) is 12.4 Å². The van der Waals surface area contributed by atoms with E-state index < -0.39 is 15.8 Å². The number of nitrogens with zero attached hydrogens (tertiary/aromatic N) is 1. The van der Waals surface area contributed by atoms with Gasteiger partial charge in [0.2, 0.25) is 10.0 Å². The highest BCUT2D eigenvalue weighted by Gasteiger charge is 2.39. The molecule has 1 unspecified atom stereocenters. The molecule has 1 aromatic carbocycles. The molecule has 2 rings (SSSR count). The van der Waals surface area contributed by atoms with Crippen molar-refractivity contribution in [2.75, 3.05) is 13.1 Å². The van der Waals surface area contributed by atoms with E-state index in [1.165, 1.54) is 10.4 Å². The van der Waals surface area contributed by atoms with E-state index in [0.717, 1.165) is 12.1 Å². The minimum absolute atomic E-state index is 0. The Balaban J connectivity index is 0.00000220. The summed E-state index contributed by atoms with van der Waals surface area (Å²) in [4.78, 5) is -0.0631. The molecule has 120 valence electrons. The number of benzene rings is 1. The quantitative estimate of drug-likeness (QED) is 0.885. The van der Waals surface area contributed by atoms with Crippen LogP contribution in [0.15, 0.2) is 23.1 Å². The Kier molecular flexibility index (Phi) is 5.67. The van der Waals surface area contributed by atoms with Crippen molar-refractivity contribution in [2.45, 2.75) is 31.2 Å². The molecule has 0 aliphatic carbocycles. The van der Waals surface area contributed by atoms with Crippen molar-refractivity contribution >= 4 is 34.0 Å². The number of nitrogens with two attached hydrogens (primary N) is 1. The molecule has 1 saturated heterocycles. The first-order chi connectivity index (χ1) is 9.14. The second kappa shape index (κ2) is 6.38. The topological polar surface area (TPSA) is 63.4 Å². The molecule has 1 aromatic rings. The molecular formula is C13H19Cl2FN2O2S. The number of halogens is 3. The minimum atomic E-state index is -3.72. The third-order valence-corrected chi connectivity index (χ3v) is 6.12. The number of hydrogen-bond acceptors (Lipinski definition) is 3. The van der Waals surface area contributed by atoms with Crippen LogP contribution in [0.1, 0.15) is 20.3 Å². The highest BCUT2D eigenvalue weighted by atomic mass is 35.5. The van der Waals surface area contributed by atoms with Gasteiger partial charge in [0.15, 0.2) is 0 Å². The fourth-order valence-corrected chi connectivity index (χ4v) is 4.49. The molecule has 0 spiro atoms. The molecule has 0 radical (unpaired) electrons. The first-order valence-electron chi connectivity index (χ1n) is 6.35. The predicted molar refractivity (Wildman–Crippen MR) is 83.8 cm³/mol. The third kappa shape index (κ3) is 3.68. The maximum Gasteiger partial charge on any atom is 0.244 e. The number of sulfonamides is 1. The van der Waals surface area contributed by atoms with Gasteiger partial charge in [0.25, 0.3) is 0 Å². The van der Waals surface area contributed by atoms with Crippen LogP contribution in [-0.4, -0.2) is 31.9 Å². The maximum atomic E-state index is 13.0. The maximum absolute atomic E-state index is 13.0. The summed E-state index contributed by atoms with van der Waals surface area (Å²) >= 11 is 5.86. The molecule has 1 aliphatic heterocycles. The van der Waals surface area contributed by atoms with E-state index in [-0.39, 0.29) is 33.8 Å². The molecule has 0 bridgehead atoms. The third-order valence-electron chi connectivity index (χ3n) is 3.79. The van der Waals surface area contributed by atoms with Gasteiger partial charge in [0, 0.05) is 19.1 Å². The zero-order valence-corrected chi connectivity index (χ0v) is 14.2. The van der Waals surface area contributed by atoms with Crippen LogP contribution >= 0.6 is 24.0 Å². The van der Waals surface area contributed by atoms with Crippen LogP contribution in [0.25, 0.3) is 0 Å². The zero-order chi connectivity index (χ0) is 15.1. The lowest BCUT2D eigenvalue weighted by atomic mass is 9.81. The van der Waals surface area contributed by atoms with Gasteiger partial charge < -0.3 is 5.73 Å². The summed E-state index contributed by atoms with van der Waals surface area (Å²) in [6.45, 7) is 4.54. The normalized spacial score (nSPS) is 22.6. The van der Waals surface area contributed by atoms with Crippen molar-refractivity contribution in [2.24, 2.45) is 11.1 Å². The average Bonchev–Trinajstić information content (AvgIpc) is 2.31. The molecule has 2 N–H and O–H groups in total. The van der Waals surface area contributed by atoms with E-state index in [4.69, 9.17) is 17.3 Å². The molecule has 1 fully saturated rings. The number of piperidine rings is 1. The summed E-state index contributed by atoms with van der Waals surface area (Å²) in [5, 5.41) is -0.0994. The first kappa shape index (κ1) is 18.6. The van der Waals surface area contributed by atoms with Crippen LogP contribution < -0.4 is 5.73 Å². The lowest BCUT2D eigenvalue weighted by Gasteiger charge is -2.41. The molecule has 0 amide bonds. The standard InChI is InChI=1S/C13H18ClFN2O2S.ClH/c1-13(2)8-17(6-5-12(13)16)20(18,19)11-4-3-9(15)7-10(11)14;/h3-4,7,12H,5-6,8,16H2,1-2H3;1H. The fraction of sp³-hybridized carbons (Fsp3) is 0.538. The summed E-state index contributed by atoms with van der Waals surface area (Å²) in [5.74, 6) is -0.560. The number of hydrogen-bond donors (Lipinski definition) is 1. The fourth-order valence-electron chi connectivity index (χ4n) is 2.35. The van der Waals surface area contributed by atoms with Crippen molar-refractivity contribution in [3.63, 3.8) is 0 Å². The van der Waals surface area contributed by atoms with E-state index in [1.807, 2.05) is 13.8 Å². The zero-order valence-electron chi connectivity index (χ0n) is 11.8. The van der Waals surface area contributed by atoms with Crippen LogP contribution in [-0.2, 0) is 10.0 Å². The van der Waals surface area contributed by atoms with Gasteiger partial charge in [-0.25, -0.2) is 12.8 Å². The lowest BCUT2D eigenvalue weighted by Crippen LogP contribution is -2.53. The Hall–Kier alpha value is -0.400. The van der Waals surface area contributed by atoms with E-state index >= 15 is 0 Å². The Morgan fingerprint density at radius 2 is 2.05 bits per heavy atom. The molecule has 1 heterocycles. The van der Waals surface area contributed by atoms with Crippen LogP contribution in [0, 0.1) is 11.2 Å². The van der Waals surface area contributed by atoms with Crippen molar-refractivity contribution in [3.8, 4) is 0 Å². The molecule has 21 heavy (non-hydrogen) atoms. The second-order valence-corrected chi connectivity index (χ2v) is 8.11. The summed E-state index contributed by atoms with van der Waals surface area (Å²) in [6.07, 6.45) is 0.588. The smallest absolute Gasteiger partial charge is 0.244 e. The summed E-state index contributed by atoms with van der Waals surface area (Å²) in [7, 11) is -3.72. The Morgan fingerprint density at radius 3 is 2.57 bits per heavy atom. The van der Waals surface area contributed by atoms with Gasteiger partial charge in [-0.2, -0.15) is 4.31 Å². The summed E-state index contributed by atoms with van der Waals surface area (Å²) in [6, 6.07) is 3.27. The highest BCUT2D eigenvalue weighted by molar-refractivity contribution is 7.89. The monoisotopic (exact) mass is 356 g/mol. The van der Waals surface area contributed by atoms with Gasteiger partial charge in [-0.3, -0.25) is 0 Å². The molecule has 1 atom stereocenters. The van der Waals surface area contributed by atoms with Gasteiger partial charge >= 0.3 is 0 Å². The van der Waals surface area contributed by atoms with Crippen LogP contribution in [0.5, 0.6) is 0 Å². The first-order valence-corrected chi connectivity index (χ1v) is 8.17. The van der Waals surface area contributed by atoms with E-state index in [1.54, 1.807) is 0 Å². The SMILES string of the molecule is CC1(C)CN(S(=O)(=O)c2ccc(F)cc2Cl)CCC1N.Cl. The van der Waals surface area contributed by atoms with Gasteiger partial charge in [-0.05, 0) is 30.0 Å². The van der Waals surface area contributed by atoms with Crippen molar-refractivity contribution in [1.29, 1.82) is 0 Å². The van der Waals surface area contributed by atoms with Crippen molar-refractivity contribution < 1.29 is 12.8 Å². The Bertz CT molecular complexity index is 623. The van der Waals surface area contributed by atoms with Crippen molar-refractivity contribution in [3.05, 3.63) is 29.0 Å². The molecule has 0 saturated carbocycles. The van der Waals surface area contributed by atoms with Gasteiger partial charge in [0.05, 0.1) is 5.02 Å². The minimum Gasteiger partial charge on any atom is -0.327 e. The molecule has 1 aliphatic rings. The Morgan fingerprint density at radius 1 is 1.43 bits per heavy atom. The van der Waals surface area contributed by atoms with Gasteiger partial charge in [-0.1, -0.05) is 25.4 Å².